The van der Waals surface area contributed by atoms with Gasteiger partial charge in [0.2, 0.25) is 5.91 Å². The number of hydrogen-bond donors (Lipinski definition) is 1. The summed E-state index contributed by atoms with van der Waals surface area (Å²) in [7, 11) is 0. The maximum atomic E-state index is 12.6. The van der Waals surface area contributed by atoms with Crippen molar-refractivity contribution in [2.24, 2.45) is 0 Å². The van der Waals surface area contributed by atoms with Crippen molar-refractivity contribution in [3.63, 3.8) is 0 Å². The number of nitrogens with zero attached hydrogens (tertiary/aromatic N) is 4. The van der Waals surface area contributed by atoms with Crippen molar-refractivity contribution in [2.45, 2.75) is 6.92 Å². The highest BCUT2D eigenvalue weighted by molar-refractivity contribution is 9.10. The molecule has 4 aromatic rings. The van der Waals surface area contributed by atoms with Crippen molar-refractivity contribution in [3.8, 4) is 5.69 Å². The smallest absolute Gasteiger partial charge is 0.262 e. The fourth-order valence-electron chi connectivity index (χ4n) is 3.71. The lowest BCUT2D eigenvalue weighted by atomic mass is 10.1. The second kappa shape index (κ2) is 7.69. The molecule has 1 aliphatic rings. The van der Waals surface area contributed by atoms with E-state index in [1.165, 1.54) is 6.20 Å². The quantitative estimate of drug-likeness (QED) is 0.440. The van der Waals surface area contributed by atoms with Gasteiger partial charge in [-0.05, 0) is 43.3 Å². The van der Waals surface area contributed by atoms with Gasteiger partial charge in [-0.1, -0.05) is 34.1 Å². The van der Waals surface area contributed by atoms with Crippen molar-refractivity contribution in [1.82, 2.24) is 19.7 Å². The number of anilines is 1. The van der Waals surface area contributed by atoms with Gasteiger partial charge in [-0.25, -0.2) is 9.67 Å². The van der Waals surface area contributed by atoms with E-state index in [1.807, 2.05) is 37.3 Å². The highest BCUT2D eigenvalue weighted by atomic mass is 79.9. The minimum atomic E-state index is -0.493. The molecule has 0 unspecified atom stereocenters. The lowest BCUT2D eigenvalue weighted by Crippen LogP contribution is -2.37. The highest BCUT2D eigenvalue weighted by Crippen LogP contribution is 2.26. The number of pyridine rings is 1. The number of aryl methyl sites for hydroxylation is 1. The molecule has 0 bridgehead atoms. The Balaban J connectivity index is 1.36. The summed E-state index contributed by atoms with van der Waals surface area (Å²) in [5.41, 5.74) is 3.34. The molecule has 9 heteroatoms. The molecule has 5 rings (SSSR count). The maximum Gasteiger partial charge on any atom is 0.262 e. The van der Waals surface area contributed by atoms with E-state index in [-0.39, 0.29) is 17.7 Å². The number of para-hydroxylation sites is 1. The van der Waals surface area contributed by atoms with Gasteiger partial charge in [-0.15, -0.1) is 0 Å². The molecule has 2 aromatic carbocycles. The number of imide groups is 1. The summed E-state index contributed by atoms with van der Waals surface area (Å²) in [5, 5.41) is 8.07. The topological polar surface area (TPSA) is 97.2 Å². The van der Waals surface area contributed by atoms with Crippen molar-refractivity contribution in [2.75, 3.05) is 11.9 Å². The molecule has 8 nitrogen and oxygen atoms in total. The monoisotopic (exact) mass is 489 g/mol. The van der Waals surface area contributed by atoms with E-state index in [1.54, 1.807) is 28.9 Å². The number of fused-ring (bicyclic) bond motifs is 2. The second-order valence-electron chi connectivity index (χ2n) is 7.36. The zero-order valence-corrected chi connectivity index (χ0v) is 18.5. The van der Waals surface area contributed by atoms with Crippen molar-refractivity contribution < 1.29 is 14.4 Å². The van der Waals surface area contributed by atoms with Crippen LogP contribution in [0.5, 0.6) is 0 Å². The molecule has 0 saturated heterocycles. The maximum absolute atomic E-state index is 12.6. The summed E-state index contributed by atoms with van der Waals surface area (Å²) >= 11 is 3.29. The summed E-state index contributed by atoms with van der Waals surface area (Å²) in [5.74, 6) is -1.47. The Hall–Kier alpha value is -3.85. The third-order valence-electron chi connectivity index (χ3n) is 5.23. The molecule has 0 aliphatic carbocycles. The van der Waals surface area contributed by atoms with Crippen LogP contribution >= 0.6 is 15.9 Å². The summed E-state index contributed by atoms with van der Waals surface area (Å²) in [4.78, 5) is 43.2. The minimum Gasteiger partial charge on any atom is -0.323 e. The molecule has 0 saturated carbocycles. The Morgan fingerprint density at radius 1 is 1.03 bits per heavy atom. The third-order valence-corrected chi connectivity index (χ3v) is 5.72. The van der Waals surface area contributed by atoms with Crippen molar-refractivity contribution in [3.05, 3.63) is 82.1 Å². The van der Waals surface area contributed by atoms with Crippen LogP contribution in [0, 0.1) is 6.92 Å². The lowest BCUT2D eigenvalue weighted by Gasteiger charge is -2.13. The Kier molecular flexibility index (Phi) is 4.82. The van der Waals surface area contributed by atoms with E-state index in [2.05, 4.69) is 31.3 Å². The number of carbonyl (C=O) groups is 3. The van der Waals surface area contributed by atoms with Crippen molar-refractivity contribution in [1.29, 1.82) is 0 Å². The van der Waals surface area contributed by atoms with Crippen LogP contribution in [0.4, 0.5) is 5.69 Å². The van der Waals surface area contributed by atoms with Gasteiger partial charge in [0.1, 0.15) is 6.54 Å². The van der Waals surface area contributed by atoms with Crippen LogP contribution in [-0.2, 0) is 4.79 Å². The van der Waals surface area contributed by atoms with Gasteiger partial charge in [0.15, 0.2) is 5.65 Å². The van der Waals surface area contributed by atoms with Crippen molar-refractivity contribution >= 4 is 50.4 Å². The van der Waals surface area contributed by atoms with Gasteiger partial charge >= 0.3 is 0 Å². The van der Waals surface area contributed by atoms with E-state index in [0.717, 1.165) is 21.7 Å². The van der Waals surface area contributed by atoms with E-state index in [0.29, 0.717) is 15.8 Å². The lowest BCUT2D eigenvalue weighted by molar-refractivity contribution is -0.116. The molecule has 32 heavy (non-hydrogen) atoms. The zero-order chi connectivity index (χ0) is 22.4. The molecular weight excluding hydrogens is 474 g/mol. The summed E-state index contributed by atoms with van der Waals surface area (Å²) in [6, 6.07) is 16.3. The molecule has 158 valence electrons. The Morgan fingerprint density at radius 3 is 2.56 bits per heavy atom. The van der Waals surface area contributed by atoms with Crippen LogP contribution in [0.15, 0.2) is 65.3 Å². The van der Waals surface area contributed by atoms with Crippen LogP contribution < -0.4 is 5.32 Å². The Labute approximate surface area is 191 Å². The Morgan fingerprint density at radius 2 is 1.78 bits per heavy atom. The first-order valence-corrected chi connectivity index (χ1v) is 10.6. The molecule has 0 atom stereocenters. The first-order valence-electron chi connectivity index (χ1n) is 9.79. The minimum absolute atomic E-state index is 0.282. The number of rotatable bonds is 4. The molecule has 1 aliphatic heterocycles. The van der Waals surface area contributed by atoms with E-state index >= 15 is 0 Å². The standard InChI is InChI=1S/C23H16BrN5O3/c1-13-18-10-15(11-25-21(18)29(27-13)16-5-3-2-4-6-16)26-20(30)12-28-22(31)17-8-7-14(24)9-19(17)23(28)32/h2-11H,12H2,1H3,(H,26,30). The number of halogens is 1. The van der Waals surface area contributed by atoms with Gasteiger partial charge in [0.05, 0.1) is 34.4 Å². The van der Waals surface area contributed by atoms with E-state index in [9.17, 15) is 14.4 Å². The third kappa shape index (κ3) is 3.36. The molecule has 3 heterocycles. The fourth-order valence-corrected chi connectivity index (χ4v) is 4.07. The number of hydrogen-bond acceptors (Lipinski definition) is 5. The van der Waals surface area contributed by atoms with Crippen LogP contribution in [0.3, 0.4) is 0 Å². The fraction of sp³-hybridized carbons (Fsp3) is 0.0870. The predicted molar refractivity (Wildman–Crippen MR) is 122 cm³/mol. The second-order valence-corrected chi connectivity index (χ2v) is 8.28. The van der Waals surface area contributed by atoms with Crippen LogP contribution in [0.25, 0.3) is 16.7 Å². The zero-order valence-electron chi connectivity index (χ0n) is 16.9. The molecule has 2 aromatic heterocycles. The van der Waals surface area contributed by atoms with Gasteiger partial charge in [0, 0.05) is 9.86 Å². The molecule has 1 N–H and O–H groups in total. The molecule has 0 spiro atoms. The SMILES string of the molecule is Cc1nn(-c2ccccc2)c2ncc(NC(=O)CN3C(=O)c4ccc(Br)cc4C3=O)cc12. The number of nitrogens with one attached hydrogen (secondary N) is 1. The number of carbonyl (C=O) groups excluding carboxylic acids is 3. The average Bonchev–Trinajstić information content (AvgIpc) is 3.23. The molecule has 0 radical (unpaired) electrons. The van der Waals surface area contributed by atoms with Gasteiger partial charge in [-0.3, -0.25) is 19.3 Å². The normalized spacial score (nSPS) is 13.0. The summed E-state index contributed by atoms with van der Waals surface area (Å²) < 4.78 is 2.43. The highest BCUT2D eigenvalue weighted by Gasteiger charge is 2.36. The number of amides is 3. The van der Waals surface area contributed by atoms with Crippen LogP contribution in [0.1, 0.15) is 26.4 Å². The van der Waals surface area contributed by atoms with Crippen LogP contribution in [-0.4, -0.2) is 43.9 Å². The number of benzene rings is 2. The van der Waals surface area contributed by atoms with Gasteiger partial charge in [0.25, 0.3) is 11.8 Å². The first-order chi connectivity index (χ1) is 15.4. The van der Waals surface area contributed by atoms with E-state index < -0.39 is 17.7 Å². The first kappa shape index (κ1) is 20.1. The van der Waals surface area contributed by atoms with Gasteiger partial charge in [-0.2, -0.15) is 5.10 Å². The largest absolute Gasteiger partial charge is 0.323 e. The molecule has 0 fully saturated rings. The average molecular weight is 490 g/mol. The predicted octanol–water partition coefficient (Wildman–Crippen LogP) is 3.73. The van der Waals surface area contributed by atoms with Gasteiger partial charge < -0.3 is 5.32 Å². The van der Waals surface area contributed by atoms with E-state index in [4.69, 9.17) is 0 Å². The molecule has 3 amide bonds. The Bertz CT molecular complexity index is 1410. The van der Waals surface area contributed by atoms with Crippen LogP contribution in [0.2, 0.25) is 0 Å². The molecular formula is C23H16BrN5O3. The summed E-state index contributed by atoms with van der Waals surface area (Å²) in [6.07, 6.45) is 1.53. The summed E-state index contributed by atoms with van der Waals surface area (Å²) in [6.45, 7) is 1.48. The number of aromatic nitrogens is 3.